The van der Waals surface area contributed by atoms with E-state index in [1.54, 1.807) is 6.21 Å². The fourth-order valence-electron chi connectivity index (χ4n) is 4.76. The number of nitriles is 1. The van der Waals surface area contributed by atoms with Crippen molar-refractivity contribution in [3.8, 4) is 28.5 Å². The number of anilines is 1. The van der Waals surface area contributed by atoms with Gasteiger partial charge in [-0.25, -0.2) is 4.99 Å². The van der Waals surface area contributed by atoms with Crippen LogP contribution in [0.1, 0.15) is 25.0 Å². The summed E-state index contributed by atoms with van der Waals surface area (Å²) in [5, 5.41) is 10.1. The number of aliphatic imine (C=N–C) groups is 1. The normalized spacial score (nSPS) is 15.6. The van der Waals surface area contributed by atoms with Crippen LogP contribution in [0.15, 0.2) is 106 Å². The van der Waals surface area contributed by atoms with Crippen LogP contribution in [0.5, 0.6) is 0 Å². The number of allylic oxidation sites excluding steroid dienone is 2. The van der Waals surface area contributed by atoms with E-state index in [1.807, 2.05) is 66.7 Å². The minimum atomic E-state index is -0.150. The second-order valence-electron chi connectivity index (χ2n) is 8.86. The van der Waals surface area contributed by atoms with Gasteiger partial charge in [0.1, 0.15) is 17.4 Å². The molecule has 3 aromatic carbocycles. The Balaban J connectivity index is 1.59. The Kier molecular flexibility index (Phi) is 5.39. The molecule has 0 spiro atoms. The molecule has 4 heteroatoms. The molecule has 0 unspecified atom stereocenters. The fraction of sp³-hybridized carbons (Fsp3) is 0.133. The third-order valence-electron chi connectivity index (χ3n) is 6.46. The van der Waals surface area contributed by atoms with Crippen LogP contribution in [0.4, 0.5) is 11.6 Å². The van der Waals surface area contributed by atoms with Crippen molar-refractivity contribution in [3.63, 3.8) is 0 Å². The summed E-state index contributed by atoms with van der Waals surface area (Å²) in [6.45, 7) is 4.42. The van der Waals surface area contributed by atoms with Crippen LogP contribution in [0, 0.1) is 11.3 Å². The summed E-state index contributed by atoms with van der Waals surface area (Å²) < 4.78 is 6.22. The van der Waals surface area contributed by atoms with Crippen LogP contribution in [-0.2, 0) is 5.41 Å². The van der Waals surface area contributed by atoms with Crippen molar-refractivity contribution in [3.05, 3.63) is 108 Å². The number of likely N-dealkylation sites (N-methyl/N-ethyl adjacent to an activating group) is 1. The molecule has 1 aromatic heterocycles. The smallest absolute Gasteiger partial charge is 0.238 e. The first-order valence-corrected chi connectivity index (χ1v) is 11.3. The maximum Gasteiger partial charge on any atom is 0.238 e. The Hall–Kier alpha value is -4.36. The monoisotopic (exact) mass is 443 g/mol. The number of hydrogen-bond acceptors (Lipinski definition) is 4. The summed E-state index contributed by atoms with van der Waals surface area (Å²) in [7, 11) is 2.07. The van der Waals surface area contributed by atoms with E-state index in [-0.39, 0.29) is 5.41 Å². The van der Waals surface area contributed by atoms with Crippen molar-refractivity contribution < 1.29 is 4.42 Å². The van der Waals surface area contributed by atoms with Gasteiger partial charge in [-0.05, 0) is 23.3 Å². The number of para-hydroxylation sites is 1. The fourth-order valence-corrected chi connectivity index (χ4v) is 4.76. The van der Waals surface area contributed by atoms with Gasteiger partial charge in [0.05, 0.1) is 0 Å². The molecule has 2 heterocycles. The lowest BCUT2D eigenvalue weighted by atomic mass is 9.84. The molecule has 5 rings (SSSR count). The minimum absolute atomic E-state index is 0.150. The lowest BCUT2D eigenvalue weighted by molar-refractivity contribution is 0.593. The van der Waals surface area contributed by atoms with Gasteiger partial charge in [-0.3, -0.25) is 0 Å². The molecule has 4 aromatic rings. The van der Waals surface area contributed by atoms with E-state index < -0.39 is 0 Å². The van der Waals surface area contributed by atoms with E-state index >= 15 is 0 Å². The predicted octanol–water partition coefficient (Wildman–Crippen LogP) is 7.50. The lowest BCUT2D eigenvalue weighted by Crippen LogP contribution is -2.23. The maximum atomic E-state index is 10.1. The highest BCUT2D eigenvalue weighted by molar-refractivity contribution is 5.89. The van der Waals surface area contributed by atoms with Crippen molar-refractivity contribution in [2.75, 3.05) is 11.9 Å². The maximum absolute atomic E-state index is 10.1. The third-order valence-corrected chi connectivity index (χ3v) is 6.46. The molecule has 0 bridgehead atoms. The zero-order valence-corrected chi connectivity index (χ0v) is 19.5. The number of hydrogen-bond donors (Lipinski definition) is 0. The molecule has 1 aliphatic heterocycles. The summed E-state index contributed by atoms with van der Waals surface area (Å²) in [6.07, 6.45) is 3.75. The van der Waals surface area contributed by atoms with Crippen LogP contribution in [0.3, 0.4) is 0 Å². The summed E-state index contributed by atoms with van der Waals surface area (Å²) in [5.74, 6) is 0.960. The van der Waals surface area contributed by atoms with Crippen molar-refractivity contribution in [2.45, 2.75) is 19.3 Å². The Morgan fingerprint density at radius 3 is 2.15 bits per heavy atom. The third kappa shape index (κ3) is 3.52. The molecule has 4 nitrogen and oxygen atoms in total. The highest BCUT2D eigenvalue weighted by atomic mass is 16.4. The van der Waals surface area contributed by atoms with Crippen molar-refractivity contribution in [1.29, 1.82) is 5.26 Å². The quantitative estimate of drug-likeness (QED) is 0.307. The van der Waals surface area contributed by atoms with Crippen LogP contribution >= 0.6 is 0 Å². The molecular formula is C30H25N3O. The molecule has 0 amide bonds. The number of benzene rings is 3. The van der Waals surface area contributed by atoms with Crippen molar-refractivity contribution in [1.82, 2.24) is 0 Å². The number of nitrogens with zero attached hydrogens (tertiary/aromatic N) is 3. The Bertz CT molecular complexity index is 1440. The average Bonchev–Trinajstić information content (AvgIpc) is 3.33. The Morgan fingerprint density at radius 2 is 1.50 bits per heavy atom. The Morgan fingerprint density at radius 1 is 0.882 bits per heavy atom. The molecule has 34 heavy (non-hydrogen) atoms. The molecule has 1 aliphatic rings. The van der Waals surface area contributed by atoms with E-state index in [0.29, 0.717) is 17.2 Å². The van der Waals surface area contributed by atoms with E-state index in [1.165, 1.54) is 11.3 Å². The summed E-state index contributed by atoms with van der Waals surface area (Å²) in [6, 6.07) is 30.5. The van der Waals surface area contributed by atoms with Gasteiger partial charge in [-0.2, -0.15) is 5.26 Å². The van der Waals surface area contributed by atoms with Crippen molar-refractivity contribution >= 4 is 17.8 Å². The molecule has 166 valence electrons. The molecular weight excluding hydrogens is 418 g/mol. The number of rotatable bonds is 4. The first kappa shape index (κ1) is 21.5. The summed E-state index contributed by atoms with van der Waals surface area (Å²) in [4.78, 5) is 6.81. The second kappa shape index (κ2) is 8.53. The summed E-state index contributed by atoms with van der Waals surface area (Å²) >= 11 is 0. The molecule has 0 radical (unpaired) electrons. The minimum Gasteiger partial charge on any atom is -0.436 e. The van der Waals surface area contributed by atoms with Gasteiger partial charge in [-0.15, -0.1) is 0 Å². The number of fused-ring (bicyclic) bond motifs is 1. The van der Waals surface area contributed by atoms with E-state index in [9.17, 15) is 5.26 Å². The van der Waals surface area contributed by atoms with Crippen molar-refractivity contribution in [2.24, 2.45) is 4.99 Å². The van der Waals surface area contributed by atoms with E-state index in [0.717, 1.165) is 22.4 Å². The first-order valence-electron chi connectivity index (χ1n) is 11.3. The topological polar surface area (TPSA) is 52.5 Å². The molecule has 0 atom stereocenters. The van der Waals surface area contributed by atoms with Gasteiger partial charge in [0.25, 0.3) is 0 Å². The van der Waals surface area contributed by atoms with Gasteiger partial charge in [-0.1, -0.05) is 92.7 Å². The zero-order valence-electron chi connectivity index (χ0n) is 19.5. The highest BCUT2D eigenvalue weighted by Gasteiger charge is 2.37. The van der Waals surface area contributed by atoms with Gasteiger partial charge in [0, 0.05) is 41.2 Å². The second-order valence-corrected chi connectivity index (χ2v) is 8.86. The van der Waals surface area contributed by atoms with Crippen LogP contribution in [-0.4, -0.2) is 13.3 Å². The molecule has 0 saturated carbocycles. The number of furan rings is 1. The van der Waals surface area contributed by atoms with E-state index in [2.05, 4.69) is 61.1 Å². The predicted molar refractivity (Wildman–Crippen MR) is 138 cm³/mol. The van der Waals surface area contributed by atoms with Crippen LogP contribution < -0.4 is 4.90 Å². The molecule has 0 aliphatic carbocycles. The largest absolute Gasteiger partial charge is 0.436 e. The zero-order chi connectivity index (χ0) is 23.7. The lowest BCUT2D eigenvalue weighted by Gasteiger charge is -2.23. The first-order chi connectivity index (χ1) is 16.5. The van der Waals surface area contributed by atoms with Crippen LogP contribution in [0.2, 0.25) is 0 Å². The highest BCUT2D eigenvalue weighted by Crippen LogP contribution is 2.46. The van der Waals surface area contributed by atoms with E-state index in [4.69, 9.17) is 4.42 Å². The van der Waals surface area contributed by atoms with Gasteiger partial charge in [0.15, 0.2) is 0 Å². The molecule has 0 fully saturated rings. The Labute approximate surface area is 200 Å². The SMILES string of the molecule is CN1/C(=C\C=Nc2oc(-c3ccccc3)c(-c3ccccc3)c2C#N)C(C)(C)c2ccccc21. The molecule has 0 N–H and O–H groups in total. The van der Waals surface area contributed by atoms with Gasteiger partial charge < -0.3 is 9.32 Å². The van der Waals surface area contributed by atoms with Crippen LogP contribution in [0.25, 0.3) is 22.5 Å². The van der Waals surface area contributed by atoms with Gasteiger partial charge in [0.2, 0.25) is 5.88 Å². The average molecular weight is 444 g/mol. The summed E-state index contributed by atoms with van der Waals surface area (Å²) in [5.41, 5.74) is 6.49. The standard InChI is InChI=1S/C30H25N3O/c1-30(2)24-16-10-11-17-25(24)33(3)26(30)18-19-32-29-23(20-31)27(21-12-6-4-7-13-21)28(34-29)22-14-8-5-9-15-22/h4-19H,1-3H3/b26-18-,32-19?. The molecule has 0 saturated heterocycles. The van der Waals surface area contributed by atoms with Gasteiger partial charge >= 0.3 is 0 Å².